The first kappa shape index (κ1) is 17.5. The first-order valence-electron chi connectivity index (χ1n) is 7.26. The summed E-state index contributed by atoms with van der Waals surface area (Å²) in [6.07, 6.45) is -4.10. The van der Waals surface area contributed by atoms with Crippen LogP contribution in [0.25, 0.3) is 0 Å². The molecule has 1 aromatic carbocycles. The molecule has 1 saturated heterocycles. The van der Waals surface area contributed by atoms with E-state index in [1.807, 2.05) is 0 Å². The van der Waals surface area contributed by atoms with Gasteiger partial charge in [-0.05, 0) is 18.6 Å². The topological polar surface area (TPSA) is 69.9 Å². The first-order chi connectivity index (χ1) is 10.8. The second kappa shape index (κ2) is 7.14. The van der Waals surface area contributed by atoms with Crippen molar-refractivity contribution in [2.45, 2.75) is 12.6 Å². The third-order valence-corrected chi connectivity index (χ3v) is 3.85. The quantitative estimate of drug-likeness (QED) is 0.660. The molecule has 0 unspecified atom stereocenters. The lowest BCUT2D eigenvalue weighted by Gasteiger charge is -2.36. The fourth-order valence-corrected chi connectivity index (χ4v) is 2.63. The maximum atomic E-state index is 13.0. The molecule has 0 amide bonds. The zero-order chi connectivity index (χ0) is 17.0. The molecule has 1 aromatic rings. The molecule has 0 spiro atoms. The molecule has 0 atom stereocenters. The van der Waals surface area contributed by atoms with Gasteiger partial charge in [0.05, 0.1) is 4.92 Å². The minimum atomic E-state index is -4.76. The Morgan fingerprint density at radius 3 is 2.39 bits per heavy atom. The second-order valence-electron chi connectivity index (χ2n) is 5.36. The van der Waals surface area contributed by atoms with Crippen LogP contribution in [0.15, 0.2) is 18.2 Å². The molecular formula is C14H18F3N3O3. The highest BCUT2D eigenvalue weighted by Crippen LogP contribution is 2.38. The molecule has 1 heterocycles. The molecule has 0 bridgehead atoms. The van der Waals surface area contributed by atoms with E-state index in [2.05, 4.69) is 4.90 Å². The Balaban J connectivity index is 2.14. The molecule has 23 heavy (non-hydrogen) atoms. The number of aliphatic hydroxyl groups is 1. The Morgan fingerprint density at radius 1 is 1.22 bits per heavy atom. The van der Waals surface area contributed by atoms with E-state index < -0.39 is 22.4 Å². The van der Waals surface area contributed by atoms with Crippen molar-refractivity contribution in [2.24, 2.45) is 0 Å². The summed E-state index contributed by atoms with van der Waals surface area (Å²) in [7, 11) is 0. The fourth-order valence-electron chi connectivity index (χ4n) is 2.63. The van der Waals surface area contributed by atoms with Crippen molar-refractivity contribution in [1.29, 1.82) is 0 Å². The van der Waals surface area contributed by atoms with Crippen LogP contribution in [0.2, 0.25) is 0 Å². The molecule has 128 valence electrons. The van der Waals surface area contributed by atoms with Crippen LogP contribution < -0.4 is 4.90 Å². The standard InChI is InChI=1S/C14H18F3N3O3/c15-14(16,17)12-10-11(2-3-13(12)20(22)23)19-7-5-18(6-8-19)4-1-9-21/h2-3,10,21H,1,4-9H2. The third-order valence-electron chi connectivity index (χ3n) is 3.85. The zero-order valence-electron chi connectivity index (χ0n) is 12.4. The van der Waals surface area contributed by atoms with Crippen LogP contribution in [0.5, 0.6) is 0 Å². The summed E-state index contributed by atoms with van der Waals surface area (Å²) in [5.41, 5.74) is -1.81. The van der Waals surface area contributed by atoms with E-state index in [4.69, 9.17) is 5.11 Å². The van der Waals surface area contributed by atoms with Crippen LogP contribution in [0, 0.1) is 10.1 Å². The lowest BCUT2D eigenvalue weighted by atomic mass is 10.1. The summed E-state index contributed by atoms with van der Waals surface area (Å²) in [6.45, 7) is 3.30. The van der Waals surface area contributed by atoms with Crippen molar-refractivity contribution >= 4 is 11.4 Å². The van der Waals surface area contributed by atoms with Gasteiger partial charge in [-0.25, -0.2) is 0 Å². The predicted molar refractivity (Wildman–Crippen MR) is 78.5 cm³/mol. The summed E-state index contributed by atoms with van der Waals surface area (Å²) >= 11 is 0. The Hall–Kier alpha value is -1.87. The number of piperazine rings is 1. The molecule has 0 radical (unpaired) electrons. The number of halogens is 3. The number of hydrogen-bond acceptors (Lipinski definition) is 5. The van der Waals surface area contributed by atoms with Crippen molar-refractivity contribution in [3.05, 3.63) is 33.9 Å². The Morgan fingerprint density at radius 2 is 1.87 bits per heavy atom. The average Bonchev–Trinajstić information content (AvgIpc) is 2.52. The van der Waals surface area contributed by atoms with Crippen LogP contribution in [-0.4, -0.2) is 54.3 Å². The Kier molecular flexibility index (Phi) is 5.42. The van der Waals surface area contributed by atoms with E-state index in [0.29, 0.717) is 38.3 Å². The van der Waals surface area contributed by atoms with Crippen LogP contribution in [0.1, 0.15) is 12.0 Å². The van der Waals surface area contributed by atoms with Crippen molar-refractivity contribution in [1.82, 2.24) is 4.90 Å². The molecule has 1 N–H and O–H groups in total. The van der Waals surface area contributed by atoms with Crippen molar-refractivity contribution in [2.75, 3.05) is 44.2 Å². The lowest BCUT2D eigenvalue weighted by Crippen LogP contribution is -2.46. The molecule has 0 aromatic heterocycles. The number of rotatable bonds is 5. The number of anilines is 1. The van der Waals surface area contributed by atoms with Gasteiger partial charge in [0.15, 0.2) is 0 Å². The molecule has 1 aliphatic heterocycles. The first-order valence-corrected chi connectivity index (χ1v) is 7.26. The summed E-state index contributed by atoms with van der Waals surface area (Å²) in [6, 6.07) is 3.12. The average molecular weight is 333 g/mol. The normalized spacial score (nSPS) is 16.6. The molecule has 1 aliphatic rings. The predicted octanol–water partition coefficient (Wildman–Crippen LogP) is 2.12. The Bertz CT molecular complexity index is 558. The van der Waals surface area contributed by atoms with E-state index in [9.17, 15) is 23.3 Å². The number of nitrogens with zero attached hydrogens (tertiary/aromatic N) is 3. The van der Waals surface area contributed by atoms with Gasteiger partial charge in [-0.2, -0.15) is 13.2 Å². The maximum absolute atomic E-state index is 13.0. The number of nitro benzene ring substituents is 1. The molecule has 0 saturated carbocycles. The lowest BCUT2D eigenvalue weighted by molar-refractivity contribution is -0.388. The number of nitro groups is 1. The van der Waals surface area contributed by atoms with Gasteiger partial charge in [0.2, 0.25) is 0 Å². The monoisotopic (exact) mass is 333 g/mol. The van der Waals surface area contributed by atoms with Gasteiger partial charge >= 0.3 is 6.18 Å². The molecule has 0 aliphatic carbocycles. The second-order valence-corrected chi connectivity index (χ2v) is 5.36. The van der Waals surface area contributed by atoms with E-state index >= 15 is 0 Å². The molecule has 6 nitrogen and oxygen atoms in total. The van der Waals surface area contributed by atoms with Gasteiger partial charge in [0.25, 0.3) is 5.69 Å². The number of hydrogen-bond donors (Lipinski definition) is 1. The number of benzene rings is 1. The van der Waals surface area contributed by atoms with Gasteiger partial charge in [0.1, 0.15) is 5.56 Å². The van der Waals surface area contributed by atoms with Crippen LogP contribution in [0.4, 0.5) is 24.5 Å². The van der Waals surface area contributed by atoms with Gasteiger partial charge in [0, 0.05) is 51.1 Å². The van der Waals surface area contributed by atoms with E-state index in [0.717, 1.165) is 18.7 Å². The summed E-state index contributed by atoms with van der Waals surface area (Å²) < 4.78 is 39.0. The molecule has 9 heteroatoms. The minimum absolute atomic E-state index is 0.109. The van der Waals surface area contributed by atoms with Gasteiger partial charge in [-0.3, -0.25) is 15.0 Å². The van der Waals surface area contributed by atoms with Gasteiger partial charge in [-0.15, -0.1) is 0 Å². The maximum Gasteiger partial charge on any atom is 0.423 e. The highest BCUT2D eigenvalue weighted by molar-refractivity contribution is 5.57. The Labute approximate surface area is 131 Å². The molecule has 2 rings (SSSR count). The largest absolute Gasteiger partial charge is 0.423 e. The summed E-state index contributed by atoms with van der Waals surface area (Å²) in [4.78, 5) is 13.7. The highest BCUT2D eigenvalue weighted by Gasteiger charge is 2.38. The van der Waals surface area contributed by atoms with E-state index in [1.54, 1.807) is 4.90 Å². The van der Waals surface area contributed by atoms with E-state index in [1.165, 1.54) is 6.07 Å². The van der Waals surface area contributed by atoms with E-state index in [-0.39, 0.29) is 6.61 Å². The van der Waals surface area contributed by atoms with Crippen molar-refractivity contribution < 1.29 is 23.2 Å². The zero-order valence-corrected chi connectivity index (χ0v) is 12.4. The smallest absolute Gasteiger partial charge is 0.396 e. The summed E-state index contributed by atoms with van der Waals surface area (Å²) in [5, 5.41) is 19.6. The summed E-state index contributed by atoms with van der Waals surface area (Å²) in [5.74, 6) is 0. The van der Waals surface area contributed by atoms with Crippen molar-refractivity contribution in [3.8, 4) is 0 Å². The van der Waals surface area contributed by atoms with Gasteiger partial charge < -0.3 is 10.0 Å². The highest BCUT2D eigenvalue weighted by atomic mass is 19.4. The minimum Gasteiger partial charge on any atom is -0.396 e. The van der Waals surface area contributed by atoms with Crippen LogP contribution in [-0.2, 0) is 6.18 Å². The van der Waals surface area contributed by atoms with Crippen molar-refractivity contribution in [3.63, 3.8) is 0 Å². The molecular weight excluding hydrogens is 315 g/mol. The fraction of sp³-hybridized carbons (Fsp3) is 0.571. The van der Waals surface area contributed by atoms with Crippen LogP contribution >= 0.6 is 0 Å². The van der Waals surface area contributed by atoms with Crippen LogP contribution in [0.3, 0.4) is 0 Å². The number of aliphatic hydroxyl groups excluding tert-OH is 1. The number of alkyl halides is 3. The molecule has 1 fully saturated rings. The third kappa shape index (κ3) is 4.32. The SMILES string of the molecule is O=[N+]([O-])c1ccc(N2CCN(CCCO)CC2)cc1C(F)(F)F. The van der Waals surface area contributed by atoms with Gasteiger partial charge in [-0.1, -0.05) is 0 Å².